The summed E-state index contributed by atoms with van der Waals surface area (Å²) in [5.41, 5.74) is 0.728. The van der Waals surface area contributed by atoms with Crippen LogP contribution in [-0.4, -0.2) is 45.0 Å². The Morgan fingerprint density at radius 3 is 2.82 bits per heavy atom. The fourth-order valence-corrected chi connectivity index (χ4v) is 3.80. The molecule has 0 bridgehead atoms. The van der Waals surface area contributed by atoms with Crippen molar-refractivity contribution in [1.82, 2.24) is 14.6 Å². The van der Waals surface area contributed by atoms with E-state index < -0.39 is 15.8 Å². The lowest BCUT2D eigenvalue weighted by Crippen LogP contribution is -2.36. The first-order valence-electron chi connectivity index (χ1n) is 7.25. The molecule has 0 radical (unpaired) electrons. The summed E-state index contributed by atoms with van der Waals surface area (Å²) < 4.78 is 32.2. The van der Waals surface area contributed by atoms with Crippen molar-refractivity contribution in [2.75, 3.05) is 26.7 Å². The van der Waals surface area contributed by atoms with E-state index in [1.165, 1.54) is 18.2 Å². The van der Waals surface area contributed by atoms with E-state index in [0.717, 1.165) is 25.9 Å². The second kappa shape index (κ2) is 5.86. The van der Waals surface area contributed by atoms with Crippen molar-refractivity contribution in [2.45, 2.75) is 17.7 Å². The van der Waals surface area contributed by atoms with Crippen molar-refractivity contribution in [3.63, 3.8) is 0 Å². The summed E-state index contributed by atoms with van der Waals surface area (Å²) in [7, 11) is -1.53. The van der Waals surface area contributed by atoms with E-state index in [9.17, 15) is 13.2 Å². The number of H-pyrrole nitrogens is 1. The van der Waals surface area contributed by atoms with Crippen molar-refractivity contribution < 1.29 is 12.8 Å². The number of likely N-dealkylation sites (tertiary alicyclic amines) is 1. The maximum absolute atomic E-state index is 12.3. The SMILES string of the molecule is CN1CCC(CNS(=O)(=O)c2ccc3[nH]c(=O)oc3c2)CC1. The normalized spacial score (nSPS) is 18.0. The fraction of sp³-hybridized carbons (Fsp3) is 0.500. The molecule has 0 spiro atoms. The lowest BCUT2D eigenvalue weighted by molar-refractivity contribution is 0.220. The number of sulfonamides is 1. The van der Waals surface area contributed by atoms with Gasteiger partial charge in [0, 0.05) is 12.6 Å². The van der Waals surface area contributed by atoms with Gasteiger partial charge in [-0.1, -0.05) is 0 Å². The zero-order valence-electron chi connectivity index (χ0n) is 12.3. The average Bonchev–Trinajstić information content (AvgIpc) is 2.86. The number of aromatic nitrogens is 1. The van der Waals surface area contributed by atoms with E-state index in [0.29, 0.717) is 18.0 Å². The van der Waals surface area contributed by atoms with Crippen LogP contribution in [0, 0.1) is 5.92 Å². The molecule has 1 aliphatic heterocycles. The first-order chi connectivity index (χ1) is 10.4. The van der Waals surface area contributed by atoms with E-state index in [2.05, 4.69) is 21.7 Å². The van der Waals surface area contributed by atoms with E-state index in [4.69, 9.17) is 4.42 Å². The van der Waals surface area contributed by atoms with Gasteiger partial charge in [-0.2, -0.15) is 0 Å². The van der Waals surface area contributed by atoms with Crippen LogP contribution in [0.3, 0.4) is 0 Å². The Hall–Kier alpha value is -1.64. The molecule has 0 unspecified atom stereocenters. The molecule has 0 atom stereocenters. The lowest BCUT2D eigenvalue weighted by atomic mass is 9.98. The molecule has 0 saturated carbocycles. The Balaban J connectivity index is 1.72. The van der Waals surface area contributed by atoms with Crippen LogP contribution in [0.2, 0.25) is 0 Å². The number of oxazole rings is 1. The third-order valence-electron chi connectivity index (χ3n) is 4.10. The number of nitrogens with zero attached hydrogens (tertiary/aromatic N) is 1. The summed E-state index contributed by atoms with van der Waals surface area (Å²) in [5, 5.41) is 0. The predicted octanol–water partition coefficient (Wildman–Crippen LogP) is 0.741. The molecule has 1 aromatic heterocycles. The molecule has 0 aliphatic carbocycles. The van der Waals surface area contributed by atoms with Crippen molar-refractivity contribution in [3.05, 3.63) is 28.7 Å². The Morgan fingerprint density at radius 1 is 1.36 bits per heavy atom. The minimum Gasteiger partial charge on any atom is -0.408 e. The number of fused-ring (bicyclic) bond motifs is 1. The van der Waals surface area contributed by atoms with Gasteiger partial charge in [0.05, 0.1) is 10.4 Å². The van der Waals surface area contributed by atoms with Gasteiger partial charge >= 0.3 is 5.76 Å². The molecule has 120 valence electrons. The second-order valence-corrected chi connectivity index (χ2v) is 7.54. The summed E-state index contributed by atoms with van der Waals surface area (Å²) in [6, 6.07) is 4.36. The summed E-state index contributed by atoms with van der Waals surface area (Å²) in [6.07, 6.45) is 1.98. The number of nitrogens with one attached hydrogen (secondary N) is 2. The van der Waals surface area contributed by atoms with Crippen LogP contribution in [0.15, 0.2) is 32.3 Å². The maximum atomic E-state index is 12.3. The first-order valence-corrected chi connectivity index (χ1v) is 8.73. The van der Waals surface area contributed by atoms with E-state index in [-0.39, 0.29) is 10.5 Å². The predicted molar refractivity (Wildman–Crippen MR) is 82.2 cm³/mol. The Kier molecular flexibility index (Phi) is 4.07. The molecule has 1 saturated heterocycles. The highest BCUT2D eigenvalue weighted by atomic mass is 32.2. The average molecular weight is 325 g/mol. The number of piperidine rings is 1. The van der Waals surface area contributed by atoms with Gasteiger partial charge in [-0.3, -0.25) is 4.98 Å². The minimum absolute atomic E-state index is 0.107. The summed E-state index contributed by atoms with van der Waals surface area (Å²) in [6.45, 7) is 2.42. The quantitative estimate of drug-likeness (QED) is 0.864. The maximum Gasteiger partial charge on any atom is 0.417 e. The minimum atomic E-state index is -3.59. The molecule has 2 N–H and O–H groups in total. The summed E-state index contributed by atoms with van der Waals surface area (Å²) in [5.74, 6) is -0.233. The van der Waals surface area contributed by atoms with Crippen LogP contribution < -0.4 is 10.5 Å². The Labute approximate surface area is 128 Å². The molecule has 1 aromatic carbocycles. The zero-order chi connectivity index (χ0) is 15.7. The van der Waals surface area contributed by atoms with Gasteiger partial charge in [0.1, 0.15) is 0 Å². The van der Waals surface area contributed by atoms with Crippen LogP contribution >= 0.6 is 0 Å². The number of rotatable bonds is 4. The van der Waals surface area contributed by atoms with E-state index in [1.54, 1.807) is 0 Å². The van der Waals surface area contributed by atoms with E-state index in [1.807, 2.05) is 0 Å². The van der Waals surface area contributed by atoms with Crippen molar-refractivity contribution in [1.29, 1.82) is 0 Å². The van der Waals surface area contributed by atoms with Crippen LogP contribution in [-0.2, 0) is 10.0 Å². The van der Waals surface area contributed by atoms with E-state index >= 15 is 0 Å². The molecule has 0 amide bonds. The van der Waals surface area contributed by atoms with Crippen LogP contribution in [0.1, 0.15) is 12.8 Å². The lowest BCUT2D eigenvalue weighted by Gasteiger charge is -2.28. The van der Waals surface area contributed by atoms with Crippen molar-refractivity contribution >= 4 is 21.1 Å². The second-order valence-electron chi connectivity index (χ2n) is 5.77. The molecule has 3 rings (SSSR count). The standard InChI is InChI=1S/C14H19N3O4S/c1-17-6-4-10(5-7-17)9-15-22(19,20)11-2-3-12-13(8-11)21-14(18)16-12/h2-3,8,10,15H,4-7,9H2,1H3,(H,16,18). The number of aromatic amines is 1. The Morgan fingerprint density at radius 2 is 2.09 bits per heavy atom. The molecule has 2 aromatic rings. The molecule has 22 heavy (non-hydrogen) atoms. The highest BCUT2D eigenvalue weighted by Crippen LogP contribution is 2.18. The van der Waals surface area contributed by atoms with Gasteiger partial charge < -0.3 is 9.32 Å². The number of benzene rings is 1. The third kappa shape index (κ3) is 3.23. The molecule has 2 heterocycles. The molecular weight excluding hydrogens is 306 g/mol. The molecular formula is C14H19N3O4S. The smallest absolute Gasteiger partial charge is 0.408 e. The van der Waals surface area contributed by atoms with Crippen molar-refractivity contribution in [2.24, 2.45) is 5.92 Å². The van der Waals surface area contributed by atoms with Gasteiger partial charge in [0.2, 0.25) is 10.0 Å². The van der Waals surface area contributed by atoms with Crippen LogP contribution in [0.5, 0.6) is 0 Å². The number of hydrogen-bond donors (Lipinski definition) is 2. The zero-order valence-corrected chi connectivity index (χ0v) is 13.1. The summed E-state index contributed by atoms with van der Waals surface area (Å²) in [4.78, 5) is 16.0. The van der Waals surface area contributed by atoms with Crippen molar-refractivity contribution in [3.8, 4) is 0 Å². The Bertz CT molecular complexity index is 816. The van der Waals surface area contributed by atoms with Gasteiger partial charge in [-0.05, 0) is 51.0 Å². The highest BCUT2D eigenvalue weighted by Gasteiger charge is 2.21. The highest BCUT2D eigenvalue weighted by molar-refractivity contribution is 7.89. The molecule has 8 heteroatoms. The third-order valence-corrected chi connectivity index (χ3v) is 5.52. The molecule has 1 fully saturated rings. The molecule has 7 nitrogen and oxygen atoms in total. The fourth-order valence-electron chi connectivity index (χ4n) is 2.67. The van der Waals surface area contributed by atoms with Crippen LogP contribution in [0.25, 0.3) is 11.1 Å². The summed E-state index contributed by atoms with van der Waals surface area (Å²) >= 11 is 0. The number of hydrogen-bond acceptors (Lipinski definition) is 5. The van der Waals surface area contributed by atoms with Gasteiger partial charge in [0.25, 0.3) is 0 Å². The topological polar surface area (TPSA) is 95.4 Å². The monoisotopic (exact) mass is 325 g/mol. The van der Waals surface area contributed by atoms with Gasteiger partial charge in [-0.25, -0.2) is 17.9 Å². The van der Waals surface area contributed by atoms with Crippen LogP contribution in [0.4, 0.5) is 0 Å². The van der Waals surface area contributed by atoms with Gasteiger partial charge in [0.15, 0.2) is 5.58 Å². The molecule has 1 aliphatic rings. The first kappa shape index (κ1) is 15.3. The van der Waals surface area contributed by atoms with Gasteiger partial charge in [-0.15, -0.1) is 0 Å². The largest absolute Gasteiger partial charge is 0.417 e.